The summed E-state index contributed by atoms with van der Waals surface area (Å²) >= 11 is 0. The van der Waals surface area contributed by atoms with Crippen molar-refractivity contribution < 1.29 is 6.81 Å². The molecule has 0 aromatic heterocycles. The van der Waals surface area contributed by atoms with Gasteiger partial charge in [0.15, 0.2) is 0 Å². The molecule has 0 bridgehead atoms. The van der Waals surface area contributed by atoms with E-state index in [9.17, 15) is 0 Å². The van der Waals surface area contributed by atoms with Crippen LogP contribution in [-0.2, 0) is 6.81 Å². The zero-order valence-electron chi connectivity index (χ0n) is 3.31. The first-order valence-corrected chi connectivity index (χ1v) is 18.6. The Hall–Kier alpha value is 2.35. The average molecular weight is 422 g/mol. The van der Waals surface area contributed by atoms with E-state index in [1.54, 1.807) is 0 Å². The molecule has 0 rings (SSSR count). The maximum atomic E-state index is 5.06. The van der Waals surface area contributed by atoms with Crippen molar-refractivity contribution in [3.05, 3.63) is 0 Å². The Morgan fingerprint density at radius 2 is 0.625 bits per heavy atom. The average Bonchev–Trinajstić information content (AvgIpc) is 0.592. The number of halogens is 6. The van der Waals surface area contributed by atoms with Crippen LogP contribution in [0.1, 0.15) is 0 Å². The minimum atomic E-state index is -5.33. The van der Waals surface area contributed by atoms with Gasteiger partial charge in [-0.2, -0.15) is 0 Å². The number of hydrogen-bond acceptors (Lipinski definition) is 1. The van der Waals surface area contributed by atoms with Crippen LogP contribution in [-0.4, -0.2) is 0 Å². The molecule has 8 heavy (non-hydrogen) atoms. The normalized spacial score (nSPS) is 20.2. The van der Waals surface area contributed by atoms with Crippen molar-refractivity contribution in [2.75, 3.05) is 0 Å². The third-order valence-electron chi connectivity index (χ3n) is 0. The van der Waals surface area contributed by atoms with Crippen molar-refractivity contribution in [3.63, 3.8) is 0 Å². The molecule has 0 atom stereocenters. The van der Waals surface area contributed by atoms with E-state index < -0.39 is 6.81 Å². The quantitative estimate of drug-likeness (QED) is 0.622. The molecule has 0 amide bonds. The molecule has 0 aromatic carbocycles. The van der Waals surface area contributed by atoms with Crippen LogP contribution >= 0.6 is 57.5 Å². The summed E-state index contributed by atoms with van der Waals surface area (Å²) in [6.45, 7) is -5.33. The molecular weight excluding hydrogens is 419 g/mol. The van der Waals surface area contributed by atoms with Gasteiger partial charge in [-0.15, -0.1) is 0 Å². The van der Waals surface area contributed by atoms with Gasteiger partial charge >= 0.3 is 64.3 Å². The fourth-order valence-corrected chi connectivity index (χ4v) is 0. The fourth-order valence-electron chi connectivity index (χ4n) is 0. The summed E-state index contributed by atoms with van der Waals surface area (Å²) < 4.78 is 0. The van der Waals surface area contributed by atoms with E-state index in [1.165, 1.54) is 0 Å². The van der Waals surface area contributed by atoms with Crippen LogP contribution < -0.4 is 6.15 Å². The third kappa shape index (κ3) is 81.7. The van der Waals surface area contributed by atoms with E-state index in [0.29, 0.717) is 0 Å². The Kier molecular flexibility index (Phi) is 3.51. The second-order valence-electron chi connectivity index (χ2n) is 0.714. The van der Waals surface area contributed by atoms with Gasteiger partial charge in [0, 0.05) is 0 Å². The first-order valence-electron chi connectivity index (χ1n) is 0.756. The van der Waals surface area contributed by atoms with Gasteiger partial charge in [-0.1, -0.05) is 0 Å². The van der Waals surface area contributed by atoms with Crippen molar-refractivity contribution in [1.82, 2.24) is 6.15 Å². The van der Waals surface area contributed by atoms with Crippen molar-refractivity contribution in [2.45, 2.75) is 0 Å². The fraction of sp³-hybridized carbons (Fsp3) is 0. The second-order valence-corrected chi connectivity index (χ2v) is 52.6. The van der Waals surface area contributed by atoms with Crippen molar-refractivity contribution in [1.29, 1.82) is 0 Å². The van der Waals surface area contributed by atoms with Gasteiger partial charge in [-0.25, -0.2) is 0 Å². The van der Waals surface area contributed by atoms with Crippen LogP contribution in [0, 0.1) is 0 Å². The minimum absolute atomic E-state index is 0. The van der Waals surface area contributed by atoms with Gasteiger partial charge in [0.2, 0.25) is 0 Å². The Morgan fingerprint density at radius 3 is 0.625 bits per heavy atom. The van der Waals surface area contributed by atoms with E-state index in [2.05, 4.69) is 0 Å². The van der Waals surface area contributed by atoms with Crippen LogP contribution in [0.5, 0.6) is 0 Å². The predicted octanol–water partition coefficient (Wildman–Crippen LogP) is 4.30. The summed E-state index contributed by atoms with van der Waals surface area (Å²) in [7, 11) is 30.3. The molecule has 3 N–H and O–H groups in total. The summed E-state index contributed by atoms with van der Waals surface area (Å²) in [5, 5.41) is 0. The van der Waals surface area contributed by atoms with Gasteiger partial charge in [0.25, 0.3) is 0 Å². The summed E-state index contributed by atoms with van der Waals surface area (Å²) in [4.78, 5) is 0. The van der Waals surface area contributed by atoms with Crippen molar-refractivity contribution in [3.8, 4) is 0 Å². The zero-order valence-corrected chi connectivity index (χ0v) is 10.2. The summed E-state index contributed by atoms with van der Waals surface area (Å²) in [6, 6.07) is 0. The van der Waals surface area contributed by atoms with E-state index in [-0.39, 0.29) is 6.15 Å². The summed E-state index contributed by atoms with van der Waals surface area (Å²) in [5.41, 5.74) is 0. The van der Waals surface area contributed by atoms with Crippen LogP contribution in [0.15, 0.2) is 0 Å². The topological polar surface area (TPSA) is 35.0 Å². The van der Waals surface area contributed by atoms with E-state index in [1.807, 2.05) is 0 Å². The van der Waals surface area contributed by atoms with E-state index in [4.69, 9.17) is 57.5 Å². The molecule has 59 valence electrons. The zero-order chi connectivity index (χ0) is 6.41. The predicted molar refractivity (Wildman–Crippen MR) is 40.1 cm³/mol. The van der Waals surface area contributed by atoms with Crippen LogP contribution in [0.2, 0.25) is 0 Å². The molecule has 0 saturated carbocycles. The van der Waals surface area contributed by atoms with Crippen LogP contribution in [0.4, 0.5) is 0 Å². The molecule has 0 aromatic rings. The third-order valence-corrected chi connectivity index (χ3v) is 0. The Balaban J connectivity index is 0. The molecule has 1 nitrogen and oxygen atoms in total. The van der Waals surface area contributed by atoms with Crippen molar-refractivity contribution >= 4 is 57.5 Å². The summed E-state index contributed by atoms with van der Waals surface area (Å²) in [6.07, 6.45) is 0. The van der Waals surface area contributed by atoms with Gasteiger partial charge in [-0.05, 0) is 0 Å². The molecule has 0 fully saturated rings. The first kappa shape index (κ1) is 13.0. The molecule has 0 aliphatic heterocycles. The molecule has 0 spiro atoms. The molecule has 0 aliphatic rings. The molecule has 0 heterocycles. The molecule has 0 unspecified atom stereocenters. The molecule has 8 heteroatoms. The van der Waals surface area contributed by atoms with Gasteiger partial charge in [-0.3, -0.25) is 0 Å². The molecular formula is H3Cl6IrN. The Bertz CT molecular complexity index is 67.1. The Morgan fingerprint density at radius 1 is 0.625 bits per heavy atom. The SMILES string of the molecule is N.[Cl][Ir]([Cl])([Cl])([Cl])([Cl])[Cl]. The number of rotatable bonds is 0. The monoisotopic (exact) mass is 420 g/mol. The standard InChI is InChI=1S/6ClH.Ir.H3N/h6*1H;;1H3/q;;;;;;+6;/p-6. The molecule has 0 aliphatic carbocycles. The van der Waals surface area contributed by atoms with E-state index >= 15 is 0 Å². The van der Waals surface area contributed by atoms with E-state index in [0.717, 1.165) is 0 Å². The van der Waals surface area contributed by atoms with Gasteiger partial charge < -0.3 is 6.15 Å². The first-order chi connectivity index (χ1) is 2.45. The maximum absolute atomic E-state index is 5.33. The summed E-state index contributed by atoms with van der Waals surface area (Å²) in [5.74, 6) is 0. The van der Waals surface area contributed by atoms with Crippen molar-refractivity contribution in [2.24, 2.45) is 0 Å². The van der Waals surface area contributed by atoms with Gasteiger partial charge in [0.1, 0.15) is 0 Å². The number of hydrogen-bond donors (Lipinski definition) is 1. The Labute approximate surface area is 69.7 Å². The second kappa shape index (κ2) is 2.17. The van der Waals surface area contributed by atoms with Gasteiger partial charge in [0.05, 0.1) is 0 Å². The molecule has 0 radical (unpaired) electrons. The van der Waals surface area contributed by atoms with Crippen LogP contribution in [0.25, 0.3) is 0 Å². The van der Waals surface area contributed by atoms with Crippen LogP contribution in [0.3, 0.4) is 0 Å². The molecule has 0 saturated heterocycles.